The molecule has 94 valence electrons. The number of rotatable bonds is 1. The fourth-order valence-corrected chi connectivity index (χ4v) is 1.84. The summed E-state index contributed by atoms with van der Waals surface area (Å²) in [7, 11) is 0. The summed E-state index contributed by atoms with van der Waals surface area (Å²) >= 11 is 0. The lowest BCUT2D eigenvalue weighted by molar-refractivity contribution is -0.188. The maximum absolute atomic E-state index is 12.5. The molecule has 1 saturated heterocycles. The number of nitrogens with two attached hydrogens (primary N) is 1. The van der Waals surface area contributed by atoms with Gasteiger partial charge in [0, 0.05) is 13.1 Å². The minimum Gasteiger partial charge on any atom is -0.341 e. The van der Waals surface area contributed by atoms with Crippen LogP contribution in [0.15, 0.2) is 0 Å². The minimum absolute atomic E-state index is 0.0955. The first-order valence-electron chi connectivity index (χ1n) is 5.27. The Morgan fingerprint density at radius 3 is 2.38 bits per heavy atom. The first-order chi connectivity index (χ1) is 7.12. The fourth-order valence-electron chi connectivity index (χ4n) is 1.84. The second-order valence-corrected chi connectivity index (χ2v) is 4.85. The largest absolute Gasteiger partial charge is 0.393 e. The molecule has 0 saturated carbocycles. The average molecular weight is 238 g/mol. The molecule has 1 heterocycles. The molecule has 1 atom stereocenters. The number of likely N-dealkylation sites (tertiary alicyclic amines) is 1. The summed E-state index contributed by atoms with van der Waals surface area (Å²) in [6.45, 7) is 3.12. The molecular weight excluding hydrogens is 221 g/mol. The van der Waals surface area contributed by atoms with Crippen LogP contribution < -0.4 is 5.73 Å². The zero-order chi connectivity index (χ0) is 12.6. The van der Waals surface area contributed by atoms with Crippen molar-refractivity contribution in [2.24, 2.45) is 11.7 Å². The van der Waals surface area contributed by atoms with Gasteiger partial charge in [0.1, 0.15) is 0 Å². The van der Waals surface area contributed by atoms with Crippen LogP contribution in [-0.2, 0) is 4.79 Å². The molecule has 0 radical (unpaired) electrons. The molecule has 0 aromatic carbocycles. The maximum Gasteiger partial charge on any atom is 0.393 e. The fraction of sp³-hybridized carbons (Fsp3) is 0.900. The zero-order valence-corrected chi connectivity index (χ0v) is 9.47. The van der Waals surface area contributed by atoms with Crippen molar-refractivity contribution in [3.63, 3.8) is 0 Å². The van der Waals surface area contributed by atoms with Crippen LogP contribution >= 0.6 is 0 Å². The summed E-state index contributed by atoms with van der Waals surface area (Å²) in [5.41, 5.74) is 4.49. The highest BCUT2D eigenvalue weighted by Gasteiger charge is 2.43. The van der Waals surface area contributed by atoms with Crippen LogP contribution in [-0.4, -0.2) is 35.6 Å². The van der Waals surface area contributed by atoms with E-state index in [2.05, 4.69) is 0 Å². The second-order valence-electron chi connectivity index (χ2n) is 4.85. The Kier molecular flexibility index (Phi) is 3.52. The van der Waals surface area contributed by atoms with Gasteiger partial charge in [0.25, 0.3) is 0 Å². The molecule has 1 unspecified atom stereocenters. The number of nitrogens with zero attached hydrogens (tertiary/aromatic N) is 1. The number of carbonyl (C=O) groups is 1. The molecule has 0 bridgehead atoms. The zero-order valence-electron chi connectivity index (χ0n) is 9.47. The van der Waals surface area contributed by atoms with Gasteiger partial charge in [-0.15, -0.1) is 0 Å². The molecule has 2 N–H and O–H groups in total. The topological polar surface area (TPSA) is 46.3 Å². The van der Waals surface area contributed by atoms with Crippen LogP contribution in [0, 0.1) is 5.92 Å². The van der Waals surface area contributed by atoms with Gasteiger partial charge in [0.15, 0.2) is 0 Å². The Hall–Kier alpha value is -0.780. The van der Waals surface area contributed by atoms with Crippen LogP contribution in [0.1, 0.15) is 26.7 Å². The molecular formula is C10H17F3N2O. The number of hydrogen-bond acceptors (Lipinski definition) is 2. The van der Waals surface area contributed by atoms with E-state index in [1.807, 2.05) is 0 Å². The summed E-state index contributed by atoms with van der Waals surface area (Å²) < 4.78 is 37.5. The normalized spacial score (nSPS) is 23.4. The van der Waals surface area contributed by atoms with Crippen LogP contribution in [0.2, 0.25) is 0 Å². The van der Waals surface area contributed by atoms with Crippen molar-refractivity contribution in [3.8, 4) is 0 Å². The standard InChI is InChI=1S/C10H17F3N2O/c1-9(2,14)8(16)15-5-3-4-7(6-15)10(11,12)13/h7H,3-6,14H2,1-2H3. The van der Waals surface area contributed by atoms with Crippen molar-refractivity contribution >= 4 is 5.91 Å². The summed E-state index contributed by atoms with van der Waals surface area (Å²) in [6.07, 6.45) is -3.75. The van der Waals surface area contributed by atoms with E-state index < -0.39 is 23.5 Å². The van der Waals surface area contributed by atoms with E-state index >= 15 is 0 Å². The van der Waals surface area contributed by atoms with Gasteiger partial charge in [-0.2, -0.15) is 13.2 Å². The monoisotopic (exact) mass is 238 g/mol. The van der Waals surface area contributed by atoms with Crippen molar-refractivity contribution in [2.45, 2.75) is 38.4 Å². The van der Waals surface area contributed by atoms with Crippen LogP contribution in [0.3, 0.4) is 0 Å². The van der Waals surface area contributed by atoms with E-state index in [0.717, 1.165) is 0 Å². The lowest BCUT2D eigenvalue weighted by Crippen LogP contribution is -2.55. The smallest absolute Gasteiger partial charge is 0.341 e. The molecule has 0 aromatic rings. The van der Waals surface area contributed by atoms with E-state index in [4.69, 9.17) is 5.73 Å². The molecule has 6 heteroatoms. The molecule has 0 aliphatic carbocycles. The van der Waals surface area contributed by atoms with E-state index in [0.29, 0.717) is 13.0 Å². The molecule has 0 spiro atoms. The third kappa shape index (κ3) is 3.10. The van der Waals surface area contributed by atoms with Gasteiger partial charge in [0.05, 0.1) is 11.5 Å². The van der Waals surface area contributed by atoms with Gasteiger partial charge >= 0.3 is 6.18 Å². The molecule has 0 aromatic heterocycles. The Bertz CT molecular complexity index is 270. The van der Waals surface area contributed by atoms with Crippen molar-refractivity contribution in [3.05, 3.63) is 0 Å². The third-order valence-electron chi connectivity index (χ3n) is 2.72. The number of halogens is 3. The Morgan fingerprint density at radius 2 is 1.94 bits per heavy atom. The summed E-state index contributed by atoms with van der Waals surface area (Å²) in [5, 5.41) is 0. The summed E-state index contributed by atoms with van der Waals surface area (Å²) in [4.78, 5) is 12.9. The van der Waals surface area contributed by atoms with E-state index in [9.17, 15) is 18.0 Å². The van der Waals surface area contributed by atoms with Gasteiger partial charge in [-0.3, -0.25) is 4.79 Å². The van der Waals surface area contributed by atoms with E-state index in [-0.39, 0.29) is 13.0 Å². The highest BCUT2D eigenvalue weighted by molar-refractivity contribution is 5.85. The van der Waals surface area contributed by atoms with Crippen molar-refractivity contribution < 1.29 is 18.0 Å². The number of piperidine rings is 1. The van der Waals surface area contributed by atoms with Crippen molar-refractivity contribution in [1.29, 1.82) is 0 Å². The molecule has 1 rings (SSSR count). The molecule has 1 aliphatic heterocycles. The number of carbonyl (C=O) groups excluding carboxylic acids is 1. The number of amides is 1. The lowest BCUT2D eigenvalue weighted by Gasteiger charge is -2.36. The molecule has 1 amide bonds. The molecule has 1 aliphatic rings. The Balaban J connectivity index is 2.68. The maximum atomic E-state index is 12.5. The van der Waals surface area contributed by atoms with Crippen LogP contribution in [0.5, 0.6) is 0 Å². The first-order valence-corrected chi connectivity index (χ1v) is 5.27. The second kappa shape index (κ2) is 4.24. The van der Waals surface area contributed by atoms with Gasteiger partial charge in [-0.05, 0) is 26.7 Å². The van der Waals surface area contributed by atoms with E-state index in [1.54, 1.807) is 0 Å². The summed E-state index contributed by atoms with van der Waals surface area (Å²) in [6, 6.07) is 0. The number of hydrogen-bond donors (Lipinski definition) is 1. The minimum atomic E-state index is -4.22. The third-order valence-corrected chi connectivity index (χ3v) is 2.72. The van der Waals surface area contributed by atoms with Crippen LogP contribution in [0.4, 0.5) is 13.2 Å². The SMILES string of the molecule is CC(C)(N)C(=O)N1CCCC(C(F)(F)F)C1. The predicted molar refractivity (Wildman–Crippen MR) is 53.6 cm³/mol. The van der Waals surface area contributed by atoms with Crippen molar-refractivity contribution in [1.82, 2.24) is 4.90 Å². The summed E-state index contributed by atoms with van der Waals surface area (Å²) in [5.74, 6) is -1.83. The molecule has 1 fully saturated rings. The first kappa shape index (κ1) is 13.3. The highest BCUT2D eigenvalue weighted by Crippen LogP contribution is 2.33. The van der Waals surface area contributed by atoms with Crippen molar-refractivity contribution in [2.75, 3.05) is 13.1 Å². The van der Waals surface area contributed by atoms with Gasteiger partial charge in [0.2, 0.25) is 5.91 Å². The molecule has 16 heavy (non-hydrogen) atoms. The van der Waals surface area contributed by atoms with Gasteiger partial charge < -0.3 is 10.6 Å². The van der Waals surface area contributed by atoms with Gasteiger partial charge in [-0.1, -0.05) is 0 Å². The van der Waals surface area contributed by atoms with Crippen LogP contribution in [0.25, 0.3) is 0 Å². The molecule has 3 nitrogen and oxygen atoms in total. The highest BCUT2D eigenvalue weighted by atomic mass is 19.4. The number of alkyl halides is 3. The Morgan fingerprint density at radius 1 is 1.38 bits per heavy atom. The predicted octanol–water partition coefficient (Wildman–Crippen LogP) is 1.52. The average Bonchev–Trinajstić information content (AvgIpc) is 2.14. The Labute approximate surface area is 92.8 Å². The quantitative estimate of drug-likeness (QED) is 0.753. The van der Waals surface area contributed by atoms with E-state index in [1.165, 1.54) is 18.7 Å². The van der Waals surface area contributed by atoms with Gasteiger partial charge in [-0.25, -0.2) is 0 Å². The lowest BCUT2D eigenvalue weighted by atomic mass is 9.95.